The lowest BCUT2D eigenvalue weighted by Gasteiger charge is -1.83. The molecule has 0 aliphatic carbocycles. The molecule has 0 amide bonds. The van der Waals surface area contributed by atoms with Crippen LogP contribution in [0.4, 0.5) is 0 Å². The summed E-state index contributed by atoms with van der Waals surface area (Å²) >= 11 is 1.61. The lowest BCUT2D eigenvalue weighted by Crippen LogP contribution is -2.01. The summed E-state index contributed by atoms with van der Waals surface area (Å²) in [6.45, 7) is 2.60. The van der Waals surface area contributed by atoms with Crippen LogP contribution in [0.25, 0.3) is 0 Å². The van der Waals surface area contributed by atoms with Crippen molar-refractivity contribution in [3.05, 3.63) is 10.0 Å². The summed E-state index contributed by atoms with van der Waals surface area (Å²) in [7, 11) is 0. The Labute approximate surface area is 57.9 Å². The van der Waals surface area contributed by atoms with E-state index in [-0.39, 0.29) is 0 Å². The lowest BCUT2D eigenvalue weighted by molar-refractivity contribution is 0.905. The molecule has 3 nitrogen and oxygen atoms in total. The maximum absolute atomic E-state index is 5.31. The van der Waals surface area contributed by atoms with Crippen molar-refractivity contribution in [1.82, 2.24) is 10.2 Å². The molecule has 0 saturated heterocycles. The fourth-order valence-corrected chi connectivity index (χ4v) is 1.29. The van der Waals surface area contributed by atoms with Gasteiger partial charge in [0.05, 0.1) is 0 Å². The normalized spacial score (nSPS) is 10.0. The van der Waals surface area contributed by atoms with Crippen LogP contribution in [0.3, 0.4) is 0 Å². The molecule has 0 spiro atoms. The molecule has 9 heavy (non-hydrogen) atoms. The van der Waals surface area contributed by atoms with Gasteiger partial charge in [0, 0.05) is 6.42 Å². The van der Waals surface area contributed by atoms with Crippen molar-refractivity contribution >= 4 is 11.3 Å². The van der Waals surface area contributed by atoms with Crippen molar-refractivity contribution in [2.45, 2.75) is 13.3 Å². The topological polar surface area (TPSA) is 51.8 Å². The minimum absolute atomic E-state index is 0.661. The summed E-state index contributed by atoms with van der Waals surface area (Å²) in [6.07, 6.45) is 0.853. The van der Waals surface area contributed by atoms with Crippen molar-refractivity contribution < 1.29 is 0 Å². The largest absolute Gasteiger partial charge is 0.330 e. The van der Waals surface area contributed by atoms with Crippen LogP contribution in [-0.2, 0) is 6.42 Å². The Bertz CT molecular complexity index is 184. The van der Waals surface area contributed by atoms with Crippen LogP contribution in [0.5, 0.6) is 0 Å². The fourth-order valence-electron chi connectivity index (χ4n) is 0.562. The number of aryl methyl sites for hydroxylation is 1. The third kappa shape index (κ3) is 1.73. The van der Waals surface area contributed by atoms with Gasteiger partial charge in [0.2, 0.25) is 0 Å². The van der Waals surface area contributed by atoms with Crippen LogP contribution in [0, 0.1) is 6.92 Å². The standard InChI is InChI=1S/C5H9N3S/c1-4-7-8-5(9-4)2-3-6/h2-3,6H2,1H3. The Hall–Kier alpha value is -0.480. The smallest absolute Gasteiger partial charge is 0.118 e. The van der Waals surface area contributed by atoms with Gasteiger partial charge in [0.25, 0.3) is 0 Å². The van der Waals surface area contributed by atoms with Crippen molar-refractivity contribution in [1.29, 1.82) is 0 Å². The third-order valence-corrected chi connectivity index (χ3v) is 1.82. The number of rotatable bonds is 2. The second kappa shape index (κ2) is 2.89. The summed E-state index contributed by atoms with van der Waals surface area (Å²) in [5, 5.41) is 9.79. The van der Waals surface area contributed by atoms with Crippen LogP contribution in [0.15, 0.2) is 0 Å². The molecule has 0 fully saturated rings. The van der Waals surface area contributed by atoms with Gasteiger partial charge in [0.15, 0.2) is 0 Å². The Morgan fingerprint density at radius 3 is 2.78 bits per heavy atom. The molecule has 2 N–H and O–H groups in total. The molecule has 1 rings (SSSR count). The molecule has 50 valence electrons. The Morgan fingerprint density at radius 1 is 1.56 bits per heavy atom. The second-order valence-corrected chi connectivity index (χ2v) is 3.02. The van der Waals surface area contributed by atoms with E-state index in [2.05, 4.69) is 10.2 Å². The zero-order valence-corrected chi connectivity index (χ0v) is 6.11. The van der Waals surface area contributed by atoms with Gasteiger partial charge in [0.1, 0.15) is 10.0 Å². The quantitative estimate of drug-likeness (QED) is 0.649. The molecule has 0 aliphatic heterocycles. The summed E-state index contributed by atoms with van der Waals surface area (Å²) in [5.74, 6) is 0. The van der Waals surface area contributed by atoms with Crippen LogP contribution in [0.1, 0.15) is 10.0 Å². The van der Waals surface area contributed by atoms with Crippen LogP contribution in [0.2, 0.25) is 0 Å². The molecule has 0 saturated carbocycles. The summed E-state index contributed by atoms with van der Waals surface area (Å²) in [5.41, 5.74) is 5.31. The zero-order chi connectivity index (χ0) is 6.69. The number of aromatic nitrogens is 2. The molecular formula is C5H9N3S. The highest BCUT2D eigenvalue weighted by Crippen LogP contribution is 2.06. The number of hydrogen-bond donors (Lipinski definition) is 1. The van der Waals surface area contributed by atoms with Crippen LogP contribution < -0.4 is 5.73 Å². The van der Waals surface area contributed by atoms with Crippen molar-refractivity contribution in [3.8, 4) is 0 Å². The maximum Gasteiger partial charge on any atom is 0.118 e. The highest BCUT2D eigenvalue weighted by atomic mass is 32.1. The molecule has 0 aliphatic rings. The molecule has 1 aromatic rings. The van der Waals surface area contributed by atoms with Crippen molar-refractivity contribution in [3.63, 3.8) is 0 Å². The number of nitrogens with two attached hydrogens (primary N) is 1. The van der Waals surface area contributed by atoms with Crippen LogP contribution in [-0.4, -0.2) is 16.7 Å². The molecule has 0 bridgehead atoms. The molecule has 0 atom stereocenters. The predicted molar refractivity (Wildman–Crippen MR) is 37.4 cm³/mol. The van der Waals surface area contributed by atoms with E-state index < -0.39 is 0 Å². The second-order valence-electron chi connectivity index (χ2n) is 1.75. The summed E-state index contributed by atoms with van der Waals surface area (Å²) in [6, 6.07) is 0. The first-order valence-electron chi connectivity index (χ1n) is 2.82. The van der Waals surface area contributed by atoms with E-state index in [9.17, 15) is 0 Å². The van der Waals surface area contributed by atoms with Gasteiger partial charge < -0.3 is 5.73 Å². The Kier molecular flexibility index (Phi) is 2.13. The molecule has 0 radical (unpaired) electrons. The first kappa shape index (κ1) is 6.64. The average molecular weight is 143 g/mol. The summed E-state index contributed by atoms with van der Waals surface area (Å²) in [4.78, 5) is 0. The SMILES string of the molecule is Cc1nnc(CCN)s1. The van der Waals surface area contributed by atoms with Gasteiger partial charge in [-0.15, -0.1) is 21.5 Å². The van der Waals surface area contributed by atoms with E-state index in [4.69, 9.17) is 5.73 Å². The van der Waals surface area contributed by atoms with Crippen LogP contribution >= 0.6 is 11.3 Å². The van der Waals surface area contributed by atoms with E-state index in [1.54, 1.807) is 11.3 Å². The van der Waals surface area contributed by atoms with E-state index in [0.717, 1.165) is 16.4 Å². The number of hydrogen-bond acceptors (Lipinski definition) is 4. The highest BCUT2D eigenvalue weighted by molar-refractivity contribution is 7.11. The molecule has 0 aromatic carbocycles. The Morgan fingerprint density at radius 2 is 2.33 bits per heavy atom. The minimum atomic E-state index is 0.661. The predicted octanol–water partition coefficient (Wildman–Crippen LogP) is 0.348. The maximum atomic E-state index is 5.31. The Balaban J connectivity index is 2.61. The third-order valence-electron chi connectivity index (χ3n) is 0.926. The van der Waals surface area contributed by atoms with Gasteiger partial charge in [-0.25, -0.2) is 0 Å². The number of nitrogens with zero attached hydrogens (tertiary/aromatic N) is 2. The highest BCUT2D eigenvalue weighted by Gasteiger charge is 1.96. The zero-order valence-electron chi connectivity index (χ0n) is 5.29. The van der Waals surface area contributed by atoms with Gasteiger partial charge in [-0.2, -0.15) is 0 Å². The van der Waals surface area contributed by atoms with E-state index in [1.165, 1.54) is 0 Å². The van der Waals surface area contributed by atoms with E-state index >= 15 is 0 Å². The first-order valence-corrected chi connectivity index (χ1v) is 3.63. The molecule has 1 heterocycles. The first-order chi connectivity index (χ1) is 4.33. The summed E-state index contributed by atoms with van der Waals surface area (Å²) < 4.78 is 0. The van der Waals surface area contributed by atoms with E-state index in [1.807, 2.05) is 6.92 Å². The monoisotopic (exact) mass is 143 g/mol. The molecule has 4 heteroatoms. The van der Waals surface area contributed by atoms with Gasteiger partial charge in [-0.3, -0.25) is 0 Å². The lowest BCUT2D eigenvalue weighted by atomic mass is 10.5. The molecule has 0 unspecified atom stereocenters. The molecule has 1 aromatic heterocycles. The molecular weight excluding hydrogens is 134 g/mol. The van der Waals surface area contributed by atoms with Crippen molar-refractivity contribution in [2.24, 2.45) is 5.73 Å². The average Bonchev–Trinajstić information content (AvgIpc) is 2.17. The van der Waals surface area contributed by atoms with Gasteiger partial charge >= 0.3 is 0 Å². The van der Waals surface area contributed by atoms with Gasteiger partial charge in [-0.1, -0.05) is 0 Å². The van der Waals surface area contributed by atoms with Crippen molar-refractivity contribution in [2.75, 3.05) is 6.54 Å². The fraction of sp³-hybridized carbons (Fsp3) is 0.600. The minimum Gasteiger partial charge on any atom is -0.330 e. The van der Waals surface area contributed by atoms with Gasteiger partial charge in [-0.05, 0) is 13.5 Å². The van der Waals surface area contributed by atoms with E-state index in [0.29, 0.717) is 6.54 Å².